The molecule has 0 bridgehead atoms. The average molecular weight is 383 g/mol. The minimum absolute atomic E-state index is 0.130. The summed E-state index contributed by atoms with van der Waals surface area (Å²) in [6, 6.07) is 8.01. The van der Waals surface area contributed by atoms with Gasteiger partial charge in [0.1, 0.15) is 12.4 Å². The molecule has 0 aromatic heterocycles. The van der Waals surface area contributed by atoms with Gasteiger partial charge in [0.25, 0.3) is 5.91 Å². The van der Waals surface area contributed by atoms with Crippen LogP contribution in [0, 0.1) is 12.3 Å². The fourth-order valence-electron chi connectivity index (χ4n) is 3.68. The number of amides is 1. The lowest BCUT2D eigenvalue weighted by Gasteiger charge is -2.33. The summed E-state index contributed by atoms with van der Waals surface area (Å²) in [5, 5.41) is 11.2. The number of piperidine rings is 1. The second-order valence-corrected chi connectivity index (χ2v) is 7.62. The van der Waals surface area contributed by atoms with E-state index in [-0.39, 0.29) is 11.6 Å². The van der Waals surface area contributed by atoms with Crippen LogP contribution in [0.1, 0.15) is 55.8 Å². The van der Waals surface area contributed by atoms with Gasteiger partial charge in [0.15, 0.2) is 5.66 Å². The van der Waals surface area contributed by atoms with Crippen molar-refractivity contribution in [2.45, 2.75) is 57.2 Å². The predicted octanol–water partition coefficient (Wildman–Crippen LogP) is 3.64. The molecule has 1 fully saturated rings. The van der Waals surface area contributed by atoms with Crippen molar-refractivity contribution in [2.75, 3.05) is 26.2 Å². The second kappa shape index (κ2) is 9.70. The van der Waals surface area contributed by atoms with Crippen LogP contribution >= 0.6 is 0 Å². The van der Waals surface area contributed by atoms with Crippen molar-refractivity contribution in [1.82, 2.24) is 10.2 Å². The highest BCUT2D eigenvalue weighted by Gasteiger charge is 2.38. The van der Waals surface area contributed by atoms with E-state index in [9.17, 15) is 4.79 Å². The highest BCUT2D eigenvalue weighted by molar-refractivity contribution is 5.96. The third-order valence-corrected chi connectivity index (χ3v) is 5.57. The molecule has 0 saturated carbocycles. The van der Waals surface area contributed by atoms with Crippen molar-refractivity contribution >= 4 is 5.91 Å². The van der Waals surface area contributed by atoms with Gasteiger partial charge in [-0.05, 0) is 38.4 Å². The molecule has 0 spiro atoms. The Bertz CT molecular complexity index is 734. The van der Waals surface area contributed by atoms with Gasteiger partial charge in [-0.2, -0.15) is 10.2 Å². The molecule has 6 heteroatoms. The summed E-state index contributed by atoms with van der Waals surface area (Å²) in [6.07, 6.45) is 11.2. The number of hydrogen-bond acceptors (Lipinski definition) is 5. The Kier molecular flexibility index (Phi) is 7.05. The zero-order chi connectivity index (χ0) is 19.8. The van der Waals surface area contributed by atoms with Crippen molar-refractivity contribution in [2.24, 2.45) is 10.2 Å². The van der Waals surface area contributed by atoms with Gasteiger partial charge >= 0.3 is 0 Å². The molecule has 1 saturated heterocycles. The summed E-state index contributed by atoms with van der Waals surface area (Å²) in [7, 11) is 0. The number of terminal acetylenes is 1. The number of carbonyl (C=O) groups is 1. The van der Waals surface area contributed by atoms with Crippen LogP contribution in [-0.2, 0) is 0 Å². The first-order valence-electron chi connectivity index (χ1n) is 10.3. The molecule has 3 rings (SSSR count). The topological polar surface area (TPSA) is 66.3 Å². The monoisotopic (exact) mass is 382 g/mol. The smallest absolute Gasteiger partial charge is 0.255 e. The third-order valence-electron chi connectivity index (χ3n) is 5.57. The van der Waals surface area contributed by atoms with Gasteiger partial charge in [0, 0.05) is 38.4 Å². The van der Waals surface area contributed by atoms with E-state index in [4.69, 9.17) is 11.2 Å². The van der Waals surface area contributed by atoms with E-state index in [0.29, 0.717) is 43.3 Å². The van der Waals surface area contributed by atoms with Gasteiger partial charge in [-0.15, -0.1) is 12.3 Å². The molecule has 0 aliphatic carbocycles. The van der Waals surface area contributed by atoms with E-state index >= 15 is 0 Å². The lowest BCUT2D eigenvalue weighted by Crippen LogP contribution is -2.40. The number of para-hydroxylation sites is 1. The SMILES string of the molecule is C#CCCC1(CCNC(=O)c2ccccc2OCCN2CCCCC2C)N=N1. The van der Waals surface area contributed by atoms with Crippen LogP contribution in [0.4, 0.5) is 0 Å². The Labute approximate surface area is 167 Å². The number of ether oxygens (including phenoxy) is 1. The van der Waals surface area contributed by atoms with E-state index in [2.05, 4.69) is 33.3 Å². The van der Waals surface area contributed by atoms with Crippen molar-refractivity contribution in [3.8, 4) is 18.1 Å². The van der Waals surface area contributed by atoms with Gasteiger partial charge < -0.3 is 10.1 Å². The maximum atomic E-state index is 12.6. The first-order valence-corrected chi connectivity index (χ1v) is 10.3. The molecule has 2 heterocycles. The number of benzene rings is 1. The summed E-state index contributed by atoms with van der Waals surface area (Å²) < 4.78 is 5.96. The fraction of sp³-hybridized carbons (Fsp3) is 0.591. The molecule has 28 heavy (non-hydrogen) atoms. The molecule has 1 aromatic carbocycles. The summed E-state index contributed by atoms with van der Waals surface area (Å²) in [4.78, 5) is 15.1. The molecule has 0 radical (unpaired) electrons. The standard InChI is InChI=1S/C22H30N4O2/c1-3-4-12-22(24-25-22)13-14-23-21(27)19-10-5-6-11-20(19)28-17-16-26-15-8-7-9-18(26)2/h1,5-6,10-11,18H,4,7-9,12-17H2,2H3,(H,23,27). The van der Waals surface area contributed by atoms with Crippen molar-refractivity contribution in [3.63, 3.8) is 0 Å². The maximum absolute atomic E-state index is 12.6. The molecular weight excluding hydrogens is 352 g/mol. The summed E-state index contributed by atoms with van der Waals surface area (Å²) in [6.45, 7) is 5.38. The largest absolute Gasteiger partial charge is 0.491 e. The molecule has 1 N–H and O–H groups in total. The first kappa shape index (κ1) is 20.3. The number of carbonyl (C=O) groups excluding carboxylic acids is 1. The highest BCUT2D eigenvalue weighted by Crippen LogP contribution is 2.36. The highest BCUT2D eigenvalue weighted by atomic mass is 16.5. The summed E-state index contributed by atoms with van der Waals surface area (Å²) in [5.74, 6) is 3.12. The number of likely N-dealkylation sites (tertiary alicyclic amines) is 1. The van der Waals surface area contributed by atoms with Crippen LogP contribution in [0.3, 0.4) is 0 Å². The van der Waals surface area contributed by atoms with Crippen LogP contribution in [0.2, 0.25) is 0 Å². The molecule has 1 aromatic rings. The van der Waals surface area contributed by atoms with Crippen LogP contribution in [-0.4, -0.2) is 48.8 Å². The van der Waals surface area contributed by atoms with Gasteiger partial charge in [-0.1, -0.05) is 18.6 Å². The number of rotatable bonds is 10. The molecule has 6 nitrogen and oxygen atoms in total. The van der Waals surface area contributed by atoms with E-state index < -0.39 is 0 Å². The lowest BCUT2D eigenvalue weighted by atomic mass is 10.0. The van der Waals surface area contributed by atoms with E-state index in [1.165, 1.54) is 19.3 Å². The second-order valence-electron chi connectivity index (χ2n) is 7.62. The third kappa shape index (κ3) is 5.56. The zero-order valence-electron chi connectivity index (χ0n) is 16.7. The van der Waals surface area contributed by atoms with Crippen LogP contribution in [0.25, 0.3) is 0 Å². The Morgan fingerprint density at radius 1 is 1.36 bits per heavy atom. The number of nitrogens with zero attached hydrogens (tertiary/aromatic N) is 3. The Balaban J connectivity index is 1.46. The normalized spacial score (nSPS) is 20.4. The molecule has 2 aliphatic rings. The Morgan fingerprint density at radius 3 is 2.93 bits per heavy atom. The van der Waals surface area contributed by atoms with Crippen molar-refractivity contribution in [1.29, 1.82) is 0 Å². The minimum Gasteiger partial charge on any atom is -0.491 e. The van der Waals surface area contributed by atoms with Gasteiger partial charge in [0.05, 0.1) is 5.56 Å². The Hall–Kier alpha value is -2.39. The minimum atomic E-state index is -0.374. The first-order chi connectivity index (χ1) is 13.6. The van der Waals surface area contributed by atoms with E-state index in [0.717, 1.165) is 19.5 Å². The molecule has 150 valence electrons. The van der Waals surface area contributed by atoms with Gasteiger partial charge in [0.2, 0.25) is 0 Å². The van der Waals surface area contributed by atoms with Crippen LogP contribution in [0.5, 0.6) is 5.75 Å². The number of nitrogens with one attached hydrogen (secondary N) is 1. The zero-order valence-corrected chi connectivity index (χ0v) is 16.7. The molecule has 2 aliphatic heterocycles. The summed E-state index contributed by atoms with van der Waals surface area (Å²) in [5.41, 5.74) is 0.192. The molecular formula is C22H30N4O2. The Morgan fingerprint density at radius 2 is 2.18 bits per heavy atom. The van der Waals surface area contributed by atoms with E-state index in [1.54, 1.807) is 6.07 Å². The molecule has 1 amide bonds. The van der Waals surface area contributed by atoms with Crippen molar-refractivity contribution < 1.29 is 9.53 Å². The molecule has 1 atom stereocenters. The molecule has 1 unspecified atom stereocenters. The fourth-order valence-corrected chi connectivity index (χ4v) is 3.68. The average Bonchev–Trinajstić information content (AvgIpc) is 3.48. The lowest BCUT2D eigenvalue weighted by molar-refractivity contribution is 0.0944. The predicted molar refractivity (Wildman–Crippen MR) is 109 cm³/mol. The summed E-state index contributed by atoms with van der Waals surface area (Å²) >= 11 is 0. The number of hydrogen-bond donors (Lipinski definition) is 1. The van der Waals surface area contributed by atoms with E-state index in [1.807, 2.05) is 18.2 Å². The van der Waals surface area contributed by atoms with Gasteiger partial charge in [-0.25, -0.2) is 0 Å². The van der Waals surface area contributed by atoms with Crippen LogP contribution < -0.4 is 10.1 Å². The maximum Gasteiger partial charge on any atom is 0.255 e. The van der Waals surface area contributed by atoms with Gasteiger partial charge in [-0.3, -0.25) is 9.69 Å². The quantitative estimate of drug-likeness (QED) is 0.628. The van der Waals surface area contributed by atoms with Crippen molar-refractivity contribution in [3.05, 3.63) is 29.8 Å². The van der Waals surface area contributed by atoms with Crippen LogP contribution in [0.15, 0.2) is 34.5 Å².